The van der Waals surface area contributed by atoms with E-state index in [1.54, 1.807) is 0 Å². The van der Waals surface area contributed by atoms with Gasteiger partial charge in [0.15, 0.2) is 16.6 Å². The summed E-state index contributed by atoms with van der Waals surface area (Å²) in [7, 11) is -8.08. The molecular weight excluding hydrogens is 369 g/mol. The van der Waals surface area contributed by atoms with Crippen LogP contribution in [0.3, 0.4) is 0 Å². The van der Waals surface area contributed by atoms with Crippen molar-refractivity contribution < 1.29 is 17.1 Å². The minimum atomic E-state index is -2.46. The lowest BCUT2D eigenvalue weighted by Gasteiger charge is -2.41. The van der Waals surface area contributed by atoms with Gasteiger partial charge in [-0.2, -0.15) is 0 Å². The van der Waals surface area contributed by atoms with E-state index < -0.39 is 33.8 Å². The zero-order chi connectivity index (χ0) is 19.8. The van der Waals surface area contributed by atoms with E-state index in [-0.39, 0.29) is 0 Å². The van der Waals surface area contributed by atoms with Crippen molar-refractivity contribution in [3.05, 3.63) is 25.5 Å². The molecule has 0 aliphatic rings. The molecule has 24 heavy (non-hydrogen) atoms. The maximum absolute atomic E-state index is 6.51. The Balaban J connectivity index is 0. The van der Waals surface area contributed by atoms with Crippen LogP contribution in [0.2, 0.25) is 58.9 Å². The molecule has 0 saturated heterocycles. The summed E-state index contributed by atoms with van der Waals surface area (Å²) in [6.45, 7) is 31.4. The van der Waals surface area contributed by atoms with Crippen LogP contribution in [0.4, 0.5) is 0 Å². The highest BCUT2D eigenvalue weighted by Crippen LogP contribution is 2.24. The number of allylic oxidation sites excluding steroid dienone is 1. The predicted molar refractivity (Wildman–Crippen MR) is 116 cm³/mol. The number of ether oxygens (including phenoxy) is 1. The summed E-state index contributed by atoms with van der Waals surface area (Å²) in [4.78, 5) is 0. The third kappa shape index (κ3) is 14.4. The minimum Gasteiger partial charge on any atom is -0.497 e. The molecule has 0 aliphatic heterocycles. The van der Waals surface area contributed by atoms with Gasteiger partial charge in [0.25, 0.3) is 0 Å². The molecule has 1 atom stereocenters. The van der Waals surface area contributed by atoms with Gasteiger partial charge in [-0.15, -0.1) is 13.2 Å². The Kier molecular flexibility index (Phi) is 11.2. The van der Waals surface area contributed by atoms with Gasteiger partial charge in [0, 0.05) is 6.42 Å². The second-order valence-corrected chi connectivity index (χ2v) is 24.5. The van der Waals surface area contributed by atoms with Gasteiger partial charge in [-0.05, 0) is 58.9 Å². The molecule has 0 saturated carbocycles. The molecule has 0 aromatic rings. The Hall–Kier alpha value is 0.0275. The molecule has 0 N–H and O–H groups in total. The van der Waals surface area contributed by atoms with Crippen molar-refractivity contribution in [3.8, 4) is 0 Å². The van der Waals surface area contributed by atoms with Crippen LogP contribution >= 0.6 is 0 Å². The van der Waals surface area contributed by atoms with Crippen molar-refractivity contribution in [2.24, 2.45) is 0 Å². The van der Waals surface area contributed by atoms with Crippen molar-refractivity contribution in [2.45, 2.75) is 72.3 Å². The second kappa shape index (κ2) is 10.2. The maximum Gasteiger partial charge on any atom is 0.354 e. The molecule has 0 rings (SSSR count). The normalized spacial score (nSPS) is 15.1. The third-order valence-corrected chi connectivity index (χ3v) is 15.4. The fraction of sp³-hybridized carbons (Fsp3) is 0.750. The fourth-order valence-electron chi connectivity index (χ4n) is 2.34. The van der Waals surface area contributed by atoms with Gasteiger partial charge in [-0.1, -0.05) is 13.5 Å². The van der Waals surface area contributed by atoms with E-state index in [9.17, 15) is 0 Å². The van der Waals surface area contributed by atoms with Crippen LogP contribution in [-0.4, -0.2) is 40.0 Å². The molecule has 0 fully saturated rings. The summed E-state index contributed by atoms with van der Waals surface area (Å²) in [6, 6.07) is 0. The van der Waals surface area contributed by atoms with Gasteiger partial charge in [0.05, 0.1) is 5.76 Å². The van der Waals surface area contributed by atoms with Crippen molar-refractivity contribution >= 4 is 33.8 Å². The second-order valence-electron chi connectivity index (χ2n) is 8.25. The first-order valence-corrected chi connectivity index (χ1v) is 20.6. The fourth-order valence-corrected chi connectivity index (χ4v) is 19.6. The summed E-state index contributed by atoms with van der Waals surface area (Å²) in [5.74, 6) is 0.784. The summed E-state index contributed by atoms with van der Waals surface area (Å²) in [6.07, 6.45) is 1.29. The number of hydrogen-bond donors (Lipinski definition) is 0. The van der Waals surface area contributed by atoms with Gasteiger partial charge < -0.3 is 17.1 Å². The van der Waals surface area contributed by atoms with Gasteiger partial charge in [-0.3, -0.25) is 0 Å². The van der Waals surface area contributed by atoms with E-state index >= 15 is 0 Å². The zero-order valence-electron chi connectivity index (χ0n) is 17.7. The highest BCUT2D eigenvalue weighted by atomic mass is 28.5. The molecule has 0 spiro atoms. The van der Waals surface area contributed by atoms with Gasteiger partial charge in [0.1, 0.15) is 6.23 Å². The van der Waals surface area contributed by atoms with Gasteiger partial charge in [-0.25, -0.2) is 0 Å². The van der Waals surface area contributed by atoms with Crippen LogP contribution < -0.4 is 0 Å². The summed E-state index contributed by atoms with van der Waals surface area (Å²) in [5, 5.41) is 0. The van der Waals surface area contributed by atoms with Crippen molar-refractivity contribution in [1.82, 2.24) is 0 Å². The minimum absolute atomic E-state index is 0.482. The quantitative estimate of drug-likeness (QED) is 0.261. The third-order valence-electron chi connectivity index (χ3n) is 2.47. The zero-order valence-corrected chi connectivity index (χ0v) is 21.7. The Morgan fingerprint density at radius 1 is 0.750 bits per heavy atom. The molecule has 0 radical (unpaired) electrons. The Labute approximate surface area is 155 Å². The highest BCUT2D eigenvalue weighted by Gasteiger charge is 2.45. The molecule has 8 heteroatoms. The first-order chi connectivity index (χ1) is 10.6. The molecule has 0 bridgehead atoms. The van der Waals surface area contributed by atoms with E-state index in [1.165, 1.54) is 0 Å². The van der Waals surface area contributed by atoms with E-state index in [0.717, 1.165) is 12.2 Å². The lowest BCUT2D eigenvalue weighted by atomic mass is 10.4. The first-order valence-electron chi connectivity index (χ1n) is 8.49. The summed E-state index contributed by atoms with van der Waals surface area (Å²) in [5.41, 5.74) is 0. The highest BCUT2D eigenvalue weighted by molar-refractivity contribution is 6.89. The number of rotatable bonds is 10. The van der Waals surface area contributed by atoms with Crippen LogP contribution in [-0.2, 0) is 17.1 Å². The molecule has 1 unspecified atom stereocenters. The average Bonchev–Trinajstić information content (AvgIpc) is 2.32. The SMILES string of the molecule is C=C.C=C(CC)OC[Si](C)(O[Si](C)(C)C)O[Si](C)(C)O[Si](C)(C)C. The Morgan fingerprint density at radius 2 is 1.17 bits per heavy atom. The van der Waals surface area contributed by atoms with E-state index in [2.05, 4.69) is 78.7 Å². The molecule has 0 aromatic heterocycles. The van der Waals surface area contributed by atoms with Crippen molar-refractivity contribution in [3.63, 3.8) is 0 Å². The van der Waals surface area contributed by atoms with Crippen LogP contribution in [0.1, 0.15) is 13.3 Å². The standard InChI is InChI=1S/C14H36O4Si4.C2H4/c1-12-14(2)15-13-22(11,17-20(6,7)8)18-21(9,10)16-19(3,4)5;1-2/h2,12-13H2,1,3-11H3;1-2H2. The van der Waals surface area contributed by atoms with Crippen LogP contribution in [0, 0.1) is 0 Å². The van der Waals surface area contributed by atoms with Crippen LogP contribution in [0.5, 0.6) is 0 Å². The molecule has 0 aliphatic carbocycles. The average molecular weight is 409 g/mol. The molecule has 0 heterocycles. The Morgan fingerprint density at radius 3 is 1.50 bits per heavy atom. The lowest BCUT2D eigenvalue weighted by molar-refractivity contribution is 0.206. The van der Waals surface area contributed by atoms with E-state index in [4.69, 9.17) is 17.1 Å². The predicted octanol–water partition coefficient (Wildman–Crippen LogP) is 5.76. The van der Waals surface area contributed by atoms with E-state index in [0.29, 0.717) is 6.23 Å². The van der Waals surface area contributed by atoms with Crippen LogP contribution in [0.25, 0.3) is 0 Å². The topological polar surface area (TPSA) is 36.9 Å². The largest absolute Gasteiger partial charge is 0.497 e. The summed E-state index contributed by atoms with van der Waals surface area (Å²) < 4.78 is 25.1. The molecule has 0 aromatic carbocycles. The molecule has 144 valence electrons. The molecule has 4 nitrogen and oxygen atoms in total. The molecule has 0 amide bonds. The Bertz CT molecular complexity index is 389. The van der Waals surface area contributed by atoms with Crippen molar-refractivity contribution in [1.29, 1.82) is 0 Å². The molecular formula is C16H40O4Si4. The van der Waals surface area contributed by atoms with Gasteiger partial charge >= 0.3 is 17.1 Å². The van der Waals surface area contributed by atoms with Crippen molar-refractivity contribution in [2.75, 3.05) is 6.23 Å². The van der Waals surface area contributed by atoms with Gasteiger partial charge in [0.2, 0.25) is 0 Å². The number of hydrogen-bond acceptors (Lipinski definition) is 4. The lowest BCUT2D eigenvalue weighted by Crippen LogP contribution is -2.59. The maximum atomic E-state index is 6.51. The summed E-state index contributed by atoms with van der Waals surface area (Å²) >= 11 is 0. The first kappa shape index (κ1) is 26.3. The van der Waals surface area contributed by atoms with Crippen LogP contribution in [0.15, 0.2) is 25.5 Å². The monoisotopic (exact) mass is 408 g/mol. The smallest absolute Gasteiger partial charge is 0.354 e. The van der Waals surface area contributed by atoms with E-state index in [1.807, 2.05) is 6.92 Å².